The van der Waals surface area contributed by atoms with Crippen LogP contribution in [-0.4, -0.2) is 11.5 Å². The van der Waals surface area contributed by atoms with E-state index >= 15 is 0 Å². The van der Waals surface area contributed by atoms with E-state index in [-0.39, 0.29) is 5.56 Å². The Kier molecular flexibility index (Phi) is 3.50. The smallest absolute Gasteiger partial charge is 0.248 e. The summed E-state index contributed by atoms with van der Waals surface area (Å²) in [6.45, 7) is 1.11. The van der Waals surface area contributed by atoms with Crippen LogP contribution in [0.4, 0.5) is 0 Å². The van der Waals surface area contributed by atoms with Crippen molar-refractivity contribution in [3.05, 3.63) is 33.7 Å². The molecule has 1 atom stereocenters. The molecule has 98 valence electrons. The Morgan fingerprint density at radius 1 is 1.28 bits per heavy atom. The van der Waals surface area contributed by atoms with Gasteiger partial charge in [0.1, 0.15) is 0 Å². The van der Waals surface area contributed by atoms with Gasteiger partial charge in [0.15, 0.2) is 0 Å². The van der Waals surface area contributed by atoms with E-state index in [0.29, 0.717) is 6.04 Å². The summed E-state index contributed by atoms with van der Waals surface area (Å²) in [6.07, 6.45) is 8.97. The first-order valence-electron chi connectivity index (χ1n) is 7.28. The van der Waals surface area contributed by atoms with Gasteiger partial charge in [0.25, 0.3) is 0 Å². The van der Waals surface area contributed by atoms with Crippen LogP contribution in [0.1, 0.15) is 55.8 Å². The van der Waals surface area contributed by atoms with Gasteiger partial charge in [0, 0.05) is 17.8 Å². The van der Waals surface area contributed by atoms with Crippen molar-refractivity contribution >= 4 is 0 Å². The van der Waals surface area contributed by atoms with Crippen molar-refractivity contribution in [3.63, 3.8) is 0 Å². The zero-order valence-electron chi connectivity index (χ0n) is 10.9. The molecule has 3 nitrogen and oxygen atoms in total. The number of nitrogens with one attached hydrogen (secondary N) is 2. The van der Waals surface area contributed by atoms with Crippen molar-refractivity contribution < 1.29 is 0 Å². The predicted molar refractivity (Wildman–Crippen MR) is 72.7 cm³/mol. The van der Waals surface area contributed by atoms with Crippen LogP contribution in [-0.2, 0) is 6.42 Å². The van der Waals surface area contributed by atoms with E-state index in [4.69, 9.17) is 0 Å². The van der Waals surface area contributed by atoms with Crippen LogP contribution >= 0.6 is 0 Å². The van der Waals surface area contributed by atoms with Crippen LogP contribution in [0, 0.1) is 5.92 Å². The summed E-state index contributed by atoms with van der Waals surface area (Å²) in [6, 6.07) is 4.11. The Balaban J connectivity index is 1.58. The number of aryl methyl sites for hydroxylation is 1. The van der Waals surface area contributed by atoms with E-state index in [1.165, 1.54) is 44.1 Å². The first-order valence-corrected chi connectivity index (χ1v) is 7.28. The quantitative estimate of drug-likeness (QED) is 0.784. The maximum absolute atomic E-state index is 11.3. The van der Waals surface area contributed by atoms with Crippen molar-refractivity contribution in [2.24, 2.45) is 5.92 Å². The molecule has 3 heteroatoms. The van der Waals surface area contributed by atoms with Crippen molar-refractivity contribution in [1.82, 2.24) is 10.3 Å². The summed E-state index contributed by atoms with van der Waals surface area (Å²) < 4.78 is 0. The van der Waals surface area contributed by atoms with Gasteiger partial charge in [-0.25, -0.2) is 0 Å². The fourth-order valence-corrected chi connectivity index (χ4v) is 2.99. The van der Waals surface area contributed by atoms with E-state index in [1.54, 1.807) is 6.07 Å². The summed E-state index contributed by atoms with van der Waals surface area (Å²) >= 11 is 0. The molecule has 0 aliphatic heterocycles. The molecule has 1 saturated carbocycles. The largest absolute Gasteiger partial charge is 0.326 e. The van der Waals surface area contributed by atoms with Gasteiger partial charge in [-0.05, 0) is 50.1 Å². The van der Waals surface area contributed by atoms with Gasteiger partial charge in [-0.3, -0.25) is 4.79 Å². The second kappa shape index (κ2) is 5.27. The molecule has 0 radical (unpaired) electrons. The molecule has 18 heavy (non-hydrogen) atoms. The van der Waals surface area contributed by atoms with Crippen LogP contribution in [0.15, 0.2) is 16.9 Å². The molecule has 3 rings (SSSR count). The molecule has 1 fully saturated rings. The molecule has 2 N–H and O–H groups in total. The standard InChI is InChI=1S/C15H22N2O/c18-15-9-8-12-13(4-1-5-14(12)17-15)16-10-2-3-11-6-7-11/h8-9,11,13,16H,1-7,10H2,(H,17,18). The molecule has 1 aromatic rings. The Morgan fingerprint density at radius 3 is 3.00 bits per heavy atom. The minimum absolute atomic E-state index is 0.0307. The lowest BCUT2D eigenvalue weighted by Gasteiger charge is -2.26. The van der Waals surface area contributed by atoms with E-state index < -0.39 is 0 Å². The second-order valence-corrected chi connectivity index (χ2v) is 5.74. The van der Waals surface area contributed by atoms with Gasteiger partial charge >= 0.3 is 0 Å². The second-order valence-electron chi connectivity index (χ2n) is 5.74. The predicted octanol–water partition coefficient (Wildman–Crippen LogP) is 2.53. The first-order chi connectivity index (χ1) is 8.83. The van der Waals surface area contributed by atoms with Crippen LogP contribution in [0.3, 0.4) is 0 Å². The molecule has 0 amide bonds. The Morgan fingerprint density at radius 2 is 2.17 bits per heavy atom. The van der Waals surface area contributed by atoms with Gasteiger partial charge in [0.05, 0.1) is 0 Å². The van der Waals surface area contributed by atoms with Gasteiger partial charge in [-0.15, -0.1) is 0 Å². The fourth-order valence-electron chi connectivity index (χ4n) is 2.99. The molecule has 0 aromatic carbocycles. The number of aromatic amines is 1. The van der Waals surface area contributed by atoms with Crippen LogP contribution in [0.2, 0.25) is 0 Å². The summed E-state index contributed by atoms with van der Waals surface area (Å²) in [5, 5.41) is 3.66. The minimum atomic E-state index is 0.0307. The molecule has 1 heterocycles. The molecule has 0 bridgehead atoms. The highest BCUT2D eigenvalue weighted by Gasteiger charge is 2.22. The Bertz CT molecular complexity index is 462. The lowest BCUT2D eigenvalue weighted by molar-refractivity contribution is 0.443. The molecule has 1 unspecified atom stereocenters. The maximum atomic E-state index is 11.3. The zero-order valence-corrected chi connectivity index (χ0v) is 10.9. The van der Waals surface area contributed by atoms with E-state index in [0.717, 1.165) is 24.6 Å². The molecule has 0 spiro atoms. The first kappa shape index (κ1) is 12.0. The summed E-state index contributed by atoms with van der Waals surface area (Å²) in [4.78, 5) is 14.3. The lowest BCUT2D eigenvalue weighted by Crippen LogP contribution is -2.28. The van der Waals surface area contributed by atoms with Crippen molar-refractivity contribution in [2.75, 3.05) is 6.54 Å². The van der Waals surface area contributed by atoms with E-state index in [1.807, 2.05) is 6.07 Å². The fraction of sp³-hybridized carbons (Fsp3) is 0.667. The van der Waals surface area contributed by atoms with Crippen LogP contribution < -0.4 is 10.9 Å². The number of H-pyrrole nitrogens is 1. The number of hydrogen-bond donors (Lipinski definition) is 2. The third-order valence-corrected chi connectivity index (χ3v) is 4.21. The van der Waals surface area contributed by atoms with Crippen LogP contribution in [0.5, 0.6) is 0 Å². The summed E-state index contributed by atoms with van der Waals surface area (Å²) in [5.74, 6) is 1.03. The molecular formula is C15H22N2O. The van der Waals surface area contributed by atoms with Gasteiger partial charge in [-0.1, -0.05) is 18.9 Å². The minimum Gasteiger partial charge on any atom is -0.326 e. The third kappa shape index (κ3) is 2.83. The average Bonchev–Trinajstić information content (AvgIpc) is 3.18. The molecular weight excluding hydrogens is 224 g/mol. The van der Waals surface area contributed by atoms with Crippen molar-refractivity contribution in [1.29, 1.82) is 0 Å². The molecule has 2 aliphatic rings. The summed E-state index contributed by atoms with van der Waals surface area (Å²) in [7, 11) is 0. The molecule has 2 aliphatic carbocycles. The lowest BCUT2D eigenvalue weighted by atomic mass is 9.91. The van der Waals surface area contributed by atoms with Gasteiger partial charge < -0.3 is 10.3 Å². The number of pyridine rings is 1. The van der Waals surface area contributed by atoms with E-state index in [2.05, 4.69) is 10.3 Å². The molecule has 1 aromatic heterocycles. The Hall–Kier alpha value is -1.09. The maximum Gasteiger partial charge on any atom is 0.248 e. The number of hydrogen-bond acceptors (Lipinski definition) is 2. The topological polar surface area (TPSA) is 44.9 Å². The summed E-state index contributed by atoms with van der Waals surface area (Å²) in [5.41, 5.74) is 2.49. The average molecular weight is 246 g/mol. The van der Waals surface area contributed by atoms with Gasteiger partial charge in [0.2, 0.25) is 5.56 Å². The SMILES string of the molecule is O=c1ccc2c([nH]1)CCCC2NCCCC1CC1. The number of rotatable bonds is 5. The van der Waals surface area contributed by atoms with E-state index in [9.17, 15) is 4.79 Å². The highest BCUT2D eigenvalue weighted by molar-refractivity contribution is 5.26. The Labute approximate surface area is 108 Å². The number of aromatic nitrogens is 1. The monoisotopic (exact) mass is 246 g/mol. The normalized spacial score (nSPS) is 22.8. The van der Waals surface area contributed by atoms with Crippen molar-refractivity contribution in [2.45, 2.75) is 51.0 Å². The highest BCUT2D eigenvalue weighted by atomic mass is 16.1. The molecule has 0 saturated heterocycles. The van der Waals surface area contributed by atoms with Gasteiger partial charge in [-0.2, -0.15) is 0 Å². The zero-order chi connectivity index (χ0) is 12.4. The van der Waals surface area contributed by atoms with Crippen LogP contribution in [0.25, 0.3) is 0 Å². The third-order valence-electron chi connectivity index (χ3n) is 4.21. The highest BCUT2D eigenvalue weighted by Crippen LogP contribution is 2.33. The number of fused-ring (bicyclic) bond motifs is 1. The van der Waals surface area contributed by atoms with Crippen molar-refractivity contribution in [3.8, 4) is 0 Å².